The normalized spacial score (nSPS) is 13.8. The van der Waals surface area contributed by atoms with Gasteiger partial charge >= 0.3 is 0 Å². The van der Waals surface area contributed by atoms with Gasteiger partial charge in [-0.3, -0.25) is 24.5 Å². The third-order valence-electron chi connectivity index (χ3n) is 4.12. The Morgan fingerprint density at radius 3 is 2.54 bits per heavy atom. The summed E-state index contributed by atoms with van der Waals surface area (Å²) in [5.74, 6) is -0.911. The van der Waals surface area contributed by atoms with Crippen LogP contribution in [0.2, 0.25) is 0 Å². The van der Waals surface area contributed by atoms with Crippen LogP contribution in [0.5, 0.6) is 0 Å². The second kappa shape index (κ2) is 7.23. The number of carbonyl (C=O) groups is 2. The summed E-state index contributed by atoms with van der Waals surface area (Å²) in [4.78, 5) is 34.5. The minimum absolute atomic E-state index is 0.00550. The zero-order valence-corrected chi connectivity index (χ0v) is 16.0. The maximum atomic E-state index is 12.5. The number of nitrogens with zero attached hydrogens (tertiary/aromatic N) is 3. The Labute approximate surface area is 164 Å². The second-order valence-electron chi connectivity index (χ2n) is 5.96. The van der Waals surface area contributed by atoms with Crippen LogP contribution in [0.15, 0.2) is 59.1 Å². The first-order chi connectivity index (χ1) is 13.5. The van der Waals surface area contributed by atoms with E-state index < -0.39 is 21.8 Å². The van der Waals surface area contributed by atoms with Crippen LogP contribution in [-0.2, 0) is 23.1 Å². The first-order valence-corrected chi connectivity index (χ1v) is 10.6. The average molecular weight is 414 g/mol. The zero-order valence-electron chi connectivity index (χ0n) is 14.4. The van der Waals surface area contributed by atoms with E-state index in [9.17, 15) is 18.0 Å². The van der Waals surface area contributed by atoms with Crippen molar-refractivity contribution in [2.75, 3.05) is 0 Å². The number of sulfonamides is 1. The molecule has 3 aromatic rings. The lowest BCUT2D eigenvalue weighted by molar-refractivity contribution is 0.0642. The van der Waals surface area contributed by atoms with Crippen molar-refractivity contribution in [3.05, 3.63) is 76.7 Å². The molecule has 0 bridgehead atoms. The molecule has 1 aliphatic rings. The van der Waals surface area contributed by atoms with Gasteiger partial charge in [0.15, 0.2) is 0 Å². The molecule has 2 amide bonds. The lowest BCUT2D eigenvalue weighted by atomic mass is 10.2. The minimum atomic E-state index is -3.72. The number of imide groups is 1. The smallest absolute Gasteiger partial charge is 0.268 e. The molecule has 0 unspecified atom stereocenters. The van der Waals surface area contributed by atoms with Crippen molar-refractivity contribution in [2.24, 2.45) is 0 Å². The quantitative estimate of drug-likeness (QED) is 0.616. The molecular formula is C18H14N4O4S2. The van der Waals surface area contributed by atoms with Crippen LogP contribution in [-0.4, -0.2) is 35.1 Å². The molecule has 4 heterocycles. The number of hydrogen-bond acceptors (Lipinski definition) is 7. The molecule has 1 N–H and O–H groups in total. The van der Waals surface area contributed by atoms with E-state index >= 15 is 0 Å². The van der Waals surface area contributed by atoms with E-state index in [1.54, 1.807) is 42.6 Å². The topological polar surface area (TPSA) is 109 Å². The third-order valence-corrected chi connectivity index (χ3v) is 7.08. The van der Waals surface area contributed by atoms with Gasteiger partial charge in [-0.15, -0.1) is 11.3 Å². The Hall–Kier alpha value is -2.95. The van der Waals surface area contributed by atoms with Gasteiger partial charge in [0.2, 0.25) is 10.0 Å². The van der Waals surface area contributed by atoms with Gasteiger partial charge in [-0.2, -0.15) is 0 Å². The highest BCUT2D eigenvalue weighted by molar-refractivity contribution is 7.91. The molecule has 8 nitrogen and oxygen atoms in total. The molecule has 4 rings (SSSR count). The van der Waals surface area contributed by atoms with Crippen LogP contribution in [0.4, 0.5) is 0 Å². The molecule has 0 fully saturated rings. The molecule has 28 heavy (non-hydrogen) atoms. The lowest BCUT2D eigenvalue weighted by Gasteiger charge is -2.11. The van der Waals surface area contributed by atoms with Crippen LogP contribution in [0, 0.1) is 0 Å². The largest absolute Gasteiger partial charge is 0.280 e. The Kier molecular flexibility index (Phi) is 4.75. The molecule has 0 spiro atoms. The number of rotatable bonds is 6. The van der Waals surface area contributed by atoms with Gasteiger partial charge in [0.25, 0.3) is 11.8 Å². The molecule has 10 heteroatoms. The van der Waals surface area contributed by atoms with Crippen molar-refractivity contribution in [2.45, 2.75) is 17.3 Å². The molecule has 3 aromatic heterocycles. The predicted molar refractivity (Wildman–Crippen MR) is 101 cm³/mol. The van der Waals surface area contributed by atoms with E-state index in [-0.39, 0.29) is 28.6 Å². The molecule has 1 aliphatic heterocycles. The van der Waals surface area contributed by atoms with Crippen LogP contribution in [0.1, 0.15) is 31.4 Å². The van der Waals surface area contributed by atoms with Crippen molar-refractivity contribution in [3.63, 3.8) is 0 Å². The van der Waals surface area contributed by atoms with E-state index in [1.807, 2.05) is 0 Å². The highest BCUT2D eigenvalue weighted by atomic mass is 32.2. The van der Waals surface area contributed by atoms with Crippen molar-refractivity contribution >= 4 is 33.2 Å². The molecule has 0 aliphatic carbocycles. The number of hydrogen-bond donors (Lipinski definition) is 1. The molecule has 0 radical (unpaired) electrons. The Bertz CT molecular complexity index is 1120. The second-order valence-corrected chi connectivity index (χ2v) is 9.12. The van der Waals surface area contributed by atoms with Crippen LogP contribution in [0.25, 0.3) is 0 Å². The van der Waals surface area contributed by atoms with Crippen LogP contribution < -0.4 is 4.72 Å². The number of carbonyl (C=O) groups excluding carboxylic acids is 2. The van der Waals surface area contributed by atoms with Crippen molar-refractivity contribution in [1.29, 1.82) is 0 Å². The first-order valence-electron chi connectivity index (χ1n) is 8.25. The van der Waals surface area contributed by atoms with Gasteiger partial charge in [0.05, 0.1) is 24.3 Å². The summed E-state index contributed by atoms with van der Waals surface area (Å²) in [5, 5.41) is 0. The summed E-state index contributed by atoms with van der Waals surface area (Å²) in [6.45, 7) is 0.0644. The van der Waals surface area contributed by atoms with Crippen LogP contribution in [0.3, 0.4) is 0 Å². The highest BCUT2D eigenvalue weighted by Gasteiger charge is 2.36. The summed E-state index contributed by atoms with van der Waals surface area (Å²) >= 11 is 1.01. The van der Waals surface area contributed by atoms with Gasteiger partial charge in [0.1, 0.15) is 9.90 Å². The SMILES string of the molecule is O=C1c2cccnc2C(=O)N1Cc1ccc(S(=O)(=O)NCc2ccccn2)s1. The van der Waals surface area contributed by atoms with E-state index in [0.29, 0.717) is 10.6 Å². The number of fused-ring (bicyclic) bond motifs is 1. The Morgan fingerprint density at radius 1 is 0.964 bits per heavy atom. The Morgan fingerprint density at radius 2 is 1.79 bits per heavy atom. The summed E-state index contributed by atoms with van der Waals surface area (Å²) in [6, 6.07) is 11.4. The van der Waals surface area contributed by atoms with E-state index in [4.69, 9.17) is 0 Å². The molecular weight excluding hydrogens is 400 g/mol. The van der Waals surface area contributed by atoms with Crippen molar-refractivity contribution < 1.29 is 18.0 Å². The van der Waals surface area contributed by atoms with Gasteiger partial charge in [0, 0.05) is 17.3 Å². The summed E-state index contributed by atoms with van der Waals surface area (Å²) in [5.41, 5.74) is 0.976. The predicted octanol–water partition coefficient (Wildman–Crippen LogP) is 1.81. The Balaban J connectivity index is 1.48. The van der Waals surface area contributed by atoms with Gasteiger partial charge in [-0.05, 0) is 36.4 Å². The summed E-state index contributed by atoms with van der Waals surface area (Å²) < 4.78 is 27.6. The molecule has 0 atom stereocenters. The monoisotopic (exact) mass is 414 g/mol. The summed E-state index contributed by atoms with van der Waals surface area (Å²) in [7, 11) is -3.72. The molecule has 142 valence electrons. The van der Waals surface area contributed by atoms with Gasteiger partial charge in [-0.25, -0.2) is 13.1 Å². The van der Waals surface area contributed by atoms with Gasteiger partial charge in [-0.1, -0.05) is 6.07 Å². The van der Waals surface area contributed by atoms with Gasteiger partial charge < -0.3 is 0 Å². The number of nitrogens with one attached hydrogen (secondary N) is 1. The first kappa shape index (κ1) is 18.4. The number of thiophene rings is 1. The van der Waals surface area contributed by atoms with Crippen molar-refractivity contribution in [3.8, 4) is 0 Å². The lowest BCUT2D eigenvalue weighted by Crippen LogP contribution is -2.28. The van der Waals surface area contributed by atoms with E-state index in [0.717, 1.165) is 16.2 Å². The maximum Gasteiger partial charge on any atom is 0.280 e. The van der Waals surface area contributed by atoms with Crippen LogP contribution >= 0.6 is 11.3 Å². The molecule has 0 saturated heterocycles. The average Bonchev–Trinajstić information content (AvgIpc) is 3.28. The third kappa shape index (κ3) is 3.44. The van der Waals surface area contributed by atoms with E-state index in [2.05, 4.69) is 14.7 Å². The van der Waals surface area contributed by atoms with Crippen molar-refractivity contribution in [1.82, 2.24) is 19.6 Å². The standard InChI is InChI=1S/C18H14N4O4S2/c23-17-14-5-3-9-20-16(14)18(24)22(17)11-13-6-7-15(27-13)28(25,26)21-10-12-4-1-2-8-19-12/h1-9,21H,10-11H2. The summed E-state index contributed by atoms with van der Waals surface area (Å²) in [6.07, 6.45) is 3.04. The molecule has 0 saturated carbocycles. The fourth-order valence-electron chi connectivity index (χ4n) is 2.74. The number of aromatic nitrogens is 2. The van der Waals surface area contributed by atoms with E-state index in [1.165, 1.54) is 12.3 Å². The fourth-order valence-corrected chi connectivity index (χ4v) is 5.13. The maximum absolute atomic E-state index is 12.5. The number of pyridine rings is 2. The highest BCUT2D eigenvalue weighted by Crippen LogP contribution is 2.27. The minimum Gasteiger partial charge on any atom is -0.268 e. The fraction of sp³-hybridized carbons (Fsp3) is 0.111. The number of amides is 2. The molecule has 0 aromatic carbocycles. The zero-order chi connectivity index (χ0) is 19.7.